The van der Waals surface area contributed by atoms with Crippen LogP contribution in [0.5, 0.6) is 0 Å². The summed E-state index contributed by atoms with van der Waals surface area (Å²) in [6.45, 7) is 4.27. The third kappa shape index (κ3) is 3.37. The molecule has 27 heavy (non-hydrogen) atoms. The molecule has 1 aromatic heterocycles. The molecule has 1 aliphatic rings. The van der Waals surface area contributed by atoms with Crippen LogP contribution < -0.4 is 0 Å². The second-order valence-electron chi connectivity index (χ2n) is 7.54. The smallest absolute Gasteiger partial charge is 0.131 e. The molecular formula is C22H24F2N2O. The van der Waals surface area contributed by atoms with Gasteiger partial charge in [-0.05, 0) is 44.2 Å². The molecule has 3 nitrogen and oxygen atoms in total. The fourth-order valence-corrected chi connectivity index (χ4v) is 4.12. The molecule has 4 rings (SSSR count). The molecule has 142 valence electrons. The van der Waals surface area contributed by atoms with Crippen molar-refractivity contribution in [1.29, 1.82) is 0 Å². The van der Waals surface area contributed by atoms with Crippen LogP contribution >= 0.6 is 0 Å². The Morgan fingerprint density at radius 1 is 1.07 bits per heavy atom. The SMILES string of the molecule is Cc1ccc2c(c1)c1c(n2CC(O)c2ccc(F)cc2F)CCN(C)CC1. The van der Waals surface area contributed by atoms with Crippen LogP contribution in [-0.4, -0.2) is 34.7 Å². The minimum atomic E-state index is -1.03. The molecule has 0 aliphatic carbocycles. The van der Waals surface area contributed by atoms with Gasteiger partial charge >= 0.3 is 0 Å². The summed E-state index contributed by atoms with van der Waals surface area (Å²) in [4.78, 5) is 2.31. The van der Waals surface area contributed by atoms with Gasteiger partial charge in [-0.2, -0.15) is 0 Å². The summed E-state index contributed by atoms with van der Waals surface area (Å²) in [5.41, 5.74) is 4.93. The van der Waals surface area contributed by atoms with E-state index >= 15 is 0 Å². The van der Waals surface area contributed by atoms with E-state index in [1.54, 1.807) is 0 Å². The summed E-state index contributed by atoms with van der Waals surface area (Å²) in [7, 11) is 2.12. The first kappa shape index (κ1) is 18.1. The van der Waals surface area contributed by atoms with Crippen molar-refractivity contribution < 1.29 is 13.9 Å². The second kappa shape index (κ2) is 7.06. The van der Waals surface area contributed by atoms with Gasteiger partial charge in [0.1, 0.15) is 11.6 Å². The van der Waals surface area contributed by atoms with Gasteiger partial charge in [-0.25, -0.2) is 8.78 Å². The summed E-state index contributed by atoms with van der Waals surface area (Å²) < 4.78 is 29.5. The molecule has 1 atom stereocenters. The predicted octanol–water partition coefficient (Wildman–Crippen LogP) is 3.99. The molecular weight excluding hydrogens is 346 g/mol. The summed E-state index contributed by atoms with van der Waals surface area (Å²) >= 11 is 0. The van der Waals surface area contributed by atoms with Gasteiger partial charge in [0.15, 0.2) is 0 Å². The topological polar surface area (TPSA) is 28.4 Å². The van der Waals surface area contributed by atoms with Gasteiger partial charge in [-0.15, -0.1) is 0 Å². The zero-order valence-corrected chi connectivity index (χ0v) is 15.7. The maximum absolute atomic E-state index is 14.1. The highest BCUT2D eigenvalue weighted by Gasteiger charge is 2.23. The average Bonchev–Trinajstić information content (AvgIpc) is 2.75. The molecule has 0 saturated carbocycles. The molecule has 0 saturated heterocycles. The predicted molar refractivity (Wildman–Crippen MR) is 103 cm³/mol. The highest BCUT2D eigenvalue weighted by atomic mass is 19.1. The third-order valence-electron chi connectivity index (χ3n) is 5.59. The van der Waals surface area contributed by atoms with Crippen LogP contribution in [0.3, 0.4) is 0 Å². The number of likely N-dealkylation sites (N-methyl/N-ethyl adjacent to an activating group) is 1. The van der Waals surface area contributed by atoms with E-state index < -0.39 is 17.7 Å². The Morgan fingerprint density at radius 2 is 1.85 bits per heavy atom. The van der Waals surface area contributed by atoms with Crippen LogP contribution in [0.15, 0.2) is 36.4 Å². The first-order valence-electron chi connectivity index (χ1n) is 9.36. The normalized spacial score (nSPS) is 16.3. The standard InChI is InChI=1S/C22H24F2N2O/c1-14-3-6-20-18(11-14)16-7-9-25(2)10-8-21(16)26(20)13-22(27)17-5-4-15(23)12-19(17)24/h3-6,11-12,22,27H,7-10,13H2,1-2H3. The number of aryl methyl sites for hydroxylation is 1. The number of rotatable bonds is 3. The number of aliphatic hydroxyl groups is 1. The van der Waals surface area contributed by atoms with Crippen molar-refractivity contribution in [3.8, 4) is 0 Å². The summed E-state index contributed by atoms with van der Waals surface area (Å²) in [5, 5.41) is 11.9. The van der Waals surface area contributed by atoms with Gasteiger partial charge in [0, 0.05) is 47.7 Å². The fraction of sp³-hybridized carbons (Fsp3) is 0.364. The van der Waals surface area contributed by atoms with Crippen LogP contribution in [0, 0.1) is 18.6 Å². The minimum Gasteiger partial charge on any atom is -0.386 e. The van der Waals surface area contributed by atoms with Crippen molar-refractivity contribution in [2.75, 3.05) is 20.1 Å². The van der Waals surface area contributed by atoms with Gasteiger partial charge < -0.3 is 14.6 Å². The third-order valence-corrected chi connectivity index (χ3v) is 5.59. The maximum Gasteiger partial charge on any atom is 0.131 e. The highest BCUT2D eigenvalue weighted by molar-refractivity contribution is 5.86. The lowest BCUT2D eigenvalue weighted by molar-refractivity contribution is 0.152. The van der Waals surface area contributed by atoms with Gasteiger partial charge in [-0.1, -0.05) is 17.7 Å². The summed E-state index contributed by atoms with van der Waals surface area (Å²) in [5.74, 6) is -1.34. The van der Waals surface area contributed by atoms with Gasteiger partial charge in [-0.3, -0.25) is 0 Å². The summed E-state index contributed by atoms with van der Waals surface area (Å²) in [6, 6.07) is 9.68. The maximum atomic E-state index is 14.1. The zero-order valence-electron chi connectivity index (χ0n) is 15.7. The first-order valence-corrected chi connectivity index (χ1v) is 9.36. The van der Waals surface area contributed by atoms with Crippen LogP contribution in [0.4, 0.5) is 8.78 Å². The largest absolute Gasteiger partial charge is 0.386 e. The highest BCUT2D eigenvalue weighted by Crippen LogP contribution is 2.32. The Morgan fingerprint density at radius 3 is 2.63 bits per heavy atom. The van der Waals surface area contributed by atoms with Crippen molar-refractivity contribution in [3.05, 3.63) is 70.4 Å². The Labute approximate surface area is 157 Å². The van der Waals surface area contributed by atoms with E-state index in [9.17, 15) is 13.9 Å². The van der Waals surface area contributed by atoms with Crippen molar-refractivity contribution in [3.63, 3.8) is 0 Å². The lowest BCUT2D eigenvalue weighted by atomic mass is 10.1. The Bertz CT molecular complexity index is 996. The number of fused-ring (bicyclic) bond motifs is 3. The number of aromatic nitrogens is 1. The van der Waals surface area contributed by atoms with Crippen molar-refractivity contribution in [2.45, 2.75) is 32.4 Å². The molecule has 2 aromatic carbocycles. The fourth-order valence-electron chi connectivity index (χ4n) is 4.12. The molecule has 0 spiro atoms. The lowest BCUT2D eigenvalue weighted by Crippen LogP contribution is -2.21. The zero-order chi connectivity index (χ0) is 19.1. The molecule has 0 amide bonds. The van der Waals surface area contributed by atoms with E-state index in [1.165, 1.54) is 34.3 Å². The lowest BCUT2D eigenvalue weighted by Gasteiger charge is -2.18. The van der Waals surface area contributed by atoms with E-state index in [1.807, 2.05) is 0 Å². The van der Waals surface area contributed by atoms with Crippen LogP contribution in [0.25, 0.3) is 10.9 Å². The quantitative estimate of drug-likeness (QED) is 0.755. The van der Waals surface area contributed by atoms with Crippen molar-refractivity contribution in [2.24, 2.45) is 0 Å². The molecule has 5 heteroatoms. The Hall–Kier alpha value is -2.24. The van der Waals surface area contributed by atoms with Crippen molar-refractivity contribution in [1.82, 2.24) is 9.47 Å². The number of nitrogens with zero attached hydrogens (tertiary/aromatic N) is 2. The van der Waals surface area contributed by atoms with E-state index in [-0.39, 0.29) is 12.1 Å². The monoisotopic (exact) mass is 370 g/mol. The average molecular weight is 370 g/mol. The molecule has 0 bridgehead atoms. The van der Waals surface area contributed by atoms with Gasteiger partial charge in [0.05, 0.1) is 12.6 Å². The Kier molecular flexibility index (Phi) is 4.74. The molecule has 2 heterocycles. The number of benzene rings is 2. The van der Waals surface area contributed by atoms with Crippen molar-refractivity contribution >= 4 is 10.9 Å². The molecule has 1 aliphatic heterocycles. The van der Waals surface area contributed by atoms with Crippen LogP contribution in [-0.2, 0) is 19.4 Å². The number of halogens is 2. The molecule has 1 N–H and O–H groups in total. The molecule has 0 fully saturated rings. The molecule has 3 aromatic rings. The molecule has 1 unspecified atom stereocenters. The van der Waals surface area contributed by atoms with Gasteiger partial charge in [0.25, 0.3) is 0 Å². The number of hydrogen-bond acceptors (Lipinski definition) is 2. The van der Waals surface area contributed by atoms with Crippen LogP contribution in [0.1, 0.15) is 28.5 Å². The van der Waals surface area contributed by atoms with E-state index in [4.69, 9.17) is 0 Å². The first-order chi connectivity index (χ1) is 12.9. The molecule has 0 radical (unpaired) electrons. The van der Waals surface area contributed by atoms with E-state index in [0.29, 0.717) is 0 Å². The van der Waals surface area contributed by atoms with E-state index in [2.05, 4.69) is 41.6 Å². The number of hydrogen-bond donors (Lipinski definition) is 1. The number of aliphatic hydroxyl groups excluding tert-OH is 1. The minimum absolute atomic E-state index is 0.129. The van der Waals surface area contributed by atoms with Crippen LogP contribution in [0.2, 0.25) is 0 Å². The van der Waals surface area contributed by atoms with E-state index in [0.717, 1.165) is 37.5 Å². The second-order valence-corrected chi connectivity index (χ2v) is 7.54. The Balaban J connectivity index is 1.79. The summed E-state index contributed by atoms with van der Waals surface area (Å²) in [6.07, 6.45) is 0.811. The van der Waals surface area contributed by atoms with Gasteiger partial charge in [0.2, 0.25) is 0 Å².